The van der Waals surface area contributed by atoms with Gasteiger partial charge in [-0.3, -0.25) is 0 Å². The van der Waals surface area contributed by atoms with Gasteiger partial charge in [0.25, 0.3) is 0 Å². The van der Waals surface area contributed by atoms with Crippen LogP contribution in [0.2, 0.25) is 0 Å². The Morgan fingerprint density at radius 3 is 2.75 bits per heavy atom. The summed E-state index contributed by atoms with van der Waals surface area (Å²) in [5.74, 6) is 1.75. The molecule has 0 bridgehead atoms. The zero-order valence-corrected chi connectivity index (χ0v) is 7.63. The first-order valence-corrected chi connectivity index (χ1v) is 4.06. The summed E-state index contributed by atoms with van der Waals surface area (Å²) in [6.07, 6.45) is 0.785. The minimum Gasteiger partial charge on any atom is -0.465 e. The van der Waals surface area contributed by atoms with Gasteiger partial charge in [0.15, 0.2) is 0 Å². The van der Waals surface area contributed by atoms with Crippen molar-refractivity contribution in [2.45, 2.75) is 26.3 Å². The van der Waals surface area contributed by atoms with E-state index < -0.39 is 0 Å². The first-order valence-electron chi connectivity index (χ1n) is 4.06. The number of rotatable bonds is 3. The maximum Gasteiger partial charge on any atom is 0.121 e. The van der Waals surface area contributed by atoms with Crippen molar-refractivity contribution in [1.82, 2.24) is 0 Å². The Morgan fingerprint density at radius 2 is 2.33 bits per heavy atom. The summed E-state index contributed by atoms with van der Waals surface area (Å²) in [5.41, 5.74) is 6.93. The summed E-state index contributed by atoms with van der Waals surface area (Å²) in [4.78, 5) is 0. The average molecular weight is 165 g/mol. The van der Waals surface area contributed by atoms with Crippen LogP contribution in [0.15, 0.2) is 28.7 Å². The van der Waals surface area contributed by atoms with E-state index in [1.54, 1.807) is 0 Å². The molecule has 0 saturated heterocycles. The lowest BCUT2D eigenvalue weighted by molar-refractivity contribution is 0.444. The van der Waals surface area contributed by atoms with E-state index in [9.17, 15) is 0 Å². The summed E-state index contributed by atoms with van der Waals surface area (Å²) in [7, 11) is 0. The highest BCUT2D eigenvalue weighted by Gasteiger charge is 2.09. The summed E-state index contributed by atoms with van der Waals surface area (Å²) < 4.78 is 5.38. The third kappa shape index (κ3) is 2.24. The summed E-state index contributed by atoms with van der Waals surface area (Å²) >= 11 is 0. The van der Waals surface area contributed by atoms with Crippen molar-refractivity contribution in [1.29, 1.82) is 0 Å². The van der Waals surface area contributed by atoms with Crippen molar-refractivity contribution in [2.75, 3.05) is 0 Å². The van der Waals surface area contributed by atoms with Crippen LogP contribution in [0.1, 0.15) is 30.9 Å². The van der Waals surface area contributed by atoms with E-state index in [0.717, 1.165) is 23.5 Å². The highest BCUT2D eigenvalue weighted by molar-refractivity contribution is 5.11. The normalized spacial score (nSPS) is 12.9. The van der Waals surface area contributed by atoms with E-state index in [0.29, 0.717) is 0 Å². The molecule has 1 aromatic rings. The van der Waals surface area contributed by atoms with Crippen LogP contribution in [-0.4, -0.2) is 0 Å². The van der Waals surface area contributed by atoms with Gasteiger partial charge in [0.2, 0.25) is 0 Å². The van der Waals surface area contributed by atoms with Crippen molar-refractivity contribution in [3.8, 4) is 0 Å². The molecule has 1 aromatic heterocycles. The van der Waals surface area contributed by atoms with E-state index in [-0.39, 0.29) is 6.04 Å². The van der Waals surface area contributed by atoms with Crippen molar-refractivity contribution in [2.24, 2.45) is 5.73 Å². The topological polar surface area (TPSA) is 39.2 Å². The van der Waals surface area contributed by atoms with Gasteiger partial charge in [0.1, 0.15) is 11.5 Å². The van der Waals surface area contributed by atoms with Crippen LogP contribution in [0.5, 0.6) is 0 Å². The smallest absolute Gasteiger partial charge is 0.121 e. The van der Waals surface area contributed by atoms with Crippen LogP contribution >= 0.6 is 0 Å². The number of furan rings is 1. The summed E-state index contributed by atoms with van der Waals surface area (Å²) in [6.45, 7) is 7.69. The van der Waals surface area contributed by atoms with Gasteiger partial charge in [-0.15, -0.1) is 6.58 Å². The quantitative estimate of drug-likeness (QED) is 0.699. The monoisotopic (exact) mass is 165 g/mol. The molecule has 1 heterocycles. The second-order valence-corrected chi connectivity index (χ2v) is 3.22. The molecule has 0 spiro atoms. The molecule has 0 amide bonds. The van der Waals surface area contributed by atoms with Gasteiger partial charge in [-0.25, -0.2) is 0 Å². The minimum atomic E-state index is -0.0452. The molecule has 0 aromatic carbocycles. The number of hydrogen-bond acceptors (Lipinski definition) is 2. The lowest BCUT2D eigenvalue weighted by Crippen LogP contribution is -2.09. The van der Waals surface area contributed by atoms with Gasteiger partial charge in [0.05, 0.1) is 6.04 Å². The Morgan fingerprint density at radius 1 is 1.67 bits per heavy atom. The molecule has 0 fully saturated rings. The molecule has 0 aliphatic heterocycles. The van der Waals surface area contributed by atoms with Crippen LogP contribution < -0.4 is 5.73 Å². The highest BCUT2D eigenvalue weighted by Crippen LogP contribution is 2.19. The van der Waals surface area contributed by atoms with E-state index in [1.807, 2.05) is 26.0 Å². The summed E-state index contributed by atoms with van der Waals surface area (Å²) in [5, 5.41) is 0. The predicted octanol–water partition coefficient (Wildman–Crippen LogP) is 2.55. The second kappa shape index (κ2) is 3.59. The van der Waals surface area contributed by atoms with E-state index in [1.165, 1.54) is 0 Å². The number of aryl methyl sites for hydroxylation is 1. The Bertz CT molecular complexity index is 275. The molecule has 66 valence electrons. The fourth-order valence-electron chi connectivity index (χ4n) is 1.13. The first kappa shape index (κ1) is 9.07. The van der Waals surface area contributed by atoms with Gasteiger partial charge in [-0.1, -0.05) is 5.57 Å². The molecule has 0 unspecified atom stereocenters. The fraction of sp³-hybridized carbons (Fsp3) is 0.400. The number of nitrogens with two attached hydrogens (primary N) is 1. The molecule has 0 aliphatic carbocycles. The van der Waals surface area contributed by atoms with Crippen LogP contribution in [0.4, 0.5) is 0 Å². The van der Waals surface area contributed by atoms with Crippen LogP contribution in [-0.2, 0) is 0 Å². The van der Waals surface area contributed by atoms with Gasteiger partial charge < -0.3 is 10.2 Å². The third-order valence-corrected chi connectivity index (χ3v) is 1.69. The maximum absolute atomic E-state index is 5.85. The van der Waals surface area contributed by atoms with Gasteiger partial charge >= 0.3 is 0 Å². The second-order valence-electron chi connectivity index (χ2n) is 3.22. The van der Waals surface area contributed by atoms with Crippen molar-refractivity contribution >= 4 is 0 Å². The highest BCUT2D eigenvalue weighted by atomic mass is 16.3. The van der Waals surface area contributed by atoms with Gasteiger partial charge in [0, 0.05) is 0 Å². The SMILES string of the molecule is C=C(C)C[C@H](N)c1ccc(C)o1. The molecule has 1 rings (SSSR count). The Hall–Kier alpha value is -1.02. The molecular formula is C10H15NO. The standard InChI is InChI=1S/C10H15NO/c1-7(2)6-9(11)10-5-4-8(3)12-10/h4-5,9H,1,6,11H2,2-3H3/t9-/m0/s1. The van der Waals surface area contributed by atoms with Gasteiger partial charge in [-0.05, 0) is 32.4 Å². The molecule has 2 N–H and O–H groups in total. The van der Waals surface area contributed by atoms with Gasteiger partial charge in [-0.2, -0.15) is 0 Å². The molecule has 12 heavy (non-hydrogen) atoms. The van der Waals surface area contributed by atoms with Crippen molar-refractivity contribution < 1.29 is 4.42 Å². The predicted molar refractivity (Wildman–Crippen MR) is 49.8 cm³/mol. The zero-order valence-electron chi connectivity index (χ0n) is 7.63. The average Bonchev–Trinajstić information content (AvgIpc) is 2.34. The molecule has 0 radical (unpaired) electrons. The fourth-order valence-corrected chi connectivity index (χ4v) is 1.13. The number of hydrogen-bond donors (Lipinski definition) is 1. The van der Waals surface area contributed by atoms with Crippen molar-refractivity contribution in [3.63, 3.8) is 0 Å². The first-order chi connectivity index (χ1) is 5.59. The van der Waals surface area contributed by atoms with Crippen LogP contribution in [0.25, 0.3) is 0 Å². The van der Waals surface area contributed by atoms with Crippen LogP contribution in [0, 0.1) is 6.92 Å². The maximum atomic E-state index is 5.85. The Labute approximate surface area is 73.1 Å². The third-order valence-electron chi connectivity index (χ3n) is 1.69. The summed E-state index contributed by atoms with van der Waals surface area (Å²) in [6, 6.07) is 3.80. The molecule has 2 nitrogen and oxygen atoms in total. The van der Waals surface area contributed by atoms with E-state index in [4.69, 9.17) is 10.2 Å². The van der Waals surface area contributed by atoms with Crippen molar-refractivity contribution in [3.05, 3.63) is 35.8 Å². The molecule has 0 saturated carbocycles. The molecular weight excluding hydrogens is 150 g/mol. The molecule has 2 heteroatoms. The zero-order chi connectivity index (χ0) is 9.14. The Balaban J connectivity index is 2.64. The largest absolute Gasteiger partial charge is 0.465 e. The van der Waals surface area contributed by atoms with E-state index in [2.05, 4.69) is 6.58 Å². The lowest BCUT2D eigenvalue weighted by atomic mass is 10.1. The molecule has 1 atom stereocenters. The minimum absolute atomic E-state index is 0.0452. The van der Waals surface area contributed by atoms with E-state index >= 15 is 0 Å². The van der Waals surface area contributed by atoms with Crippen LogP contribution in [0.3, 0.4) is 0 Å². The lowest BCUT2D eigenvalue weighted by Gasteiger charge is -2.07. The Kier molecular flexibility index (Phi) is 2.71. The molecule has 0 aliphatic rings.